The van der Waals surface area contributed by atoms with Crippen molar-refractivity contribution in [2.75, 3.05) is 0 Å². The largest absolute Gasteiger partial charge is 0.290 e. The lowest BCUT2D eigenvalue weighted by atomic mass is 10.2. The third kappa shape index (κ3) is 2.84. The molecule has 0 saturated carbocycles. The first-order chi connectivity index (χ1) is 5.65. The van der Waals surface area contributed by atoms with E-state index < -0.39 is 11.7 Å². The van der Waals surface area contributed by atoms with Crippen molar-refractivity contribution in [1.82, 2.24) is 5.43 Å². The Morgan fingerprint density at radius 2 is 2.15 bits per heavy atom. The van der Waals surface area contributed by atoms with E-state index in [1.54, 1.807) is 0 Å². The summed E-state index contributed by atoms with van der Waals surface area (Å²) < 4.78 is 12.6. The number of nitrogens with two attached hydrogens (primary N) is 1. The van der Waals surface area contributed by atoms with Gasteiger partial charge in [0.25, 0.3) is 5.91 Å². The van der Waals surface area contributed by atoms with Crippen LogP contribution in [0.2, 0.25) is 5.02 Å². The molecule has 0 atom stereocenters. The van der Waals surface area contributed by atoms with Crippen molar-refractivity contribution in [3.05, 3.63) is 34.6 Å². The summed E-state index contributed by atoms with van der Waals surface area (Å²) in [6.45, 7) is 0. The van der Waals surface area contributed by atoms with Crippen LogP contribution in [0.4, 0.5) is 4.39 Å². The van der Waals surface area contributed by atoms with Crippen LogP contribution in [-0.2, 0) is 0 Å². The van der Waals surface area contributed by atoms with Gasteiger partial charge in [0.15, 0.2) is 0 Å². The zero-order valence-electron chi connectivity index (χ0n) is 6.38. The van der Waals surface area contributed by atoms with Gasteiger partial charge in [0, 0.05) is 5.56 Å². The SMILES string of the molecule is Cl.NNC(=O)c1ccc(F)c(Cl)c1. The third-order valence-corrected chi connectivity index (χ3v) is 1.60. The van der Waals surface area contributed by atoms with Gasteiger partial charge in [-0.25, -0.2) is 10.2 Å². The van der Waals surface area contributed by atoms with E-state index in [9.17, 15) is 9.18 Å². The summed E-state index contributed by atoms with van der Waals surface area (Å²) in [6, 6.07) is 3.61. The molecular formula is C7H7Cl2FN2O. The summed E-state index contributed by atoms with van der Waals surface area (Å²) in [6.07, 6.45) is 0. The van der Waals surface area contributed by atoms with Crippen molar-refractivity contribution in [3.8, 4) is 0 Å². The number of halogens is 3. The Kier molecular flexibility index (Phi) is 4.69. The summed E-state index contributed by atoms with van der Waals surface area (Å²) in [5.74, 6) is 3.79. The fourth-order valence-corrected chi connectivity index (χ4v) is 0.901. The predicted molar refractivity (Wildman–Crippen MR) is 50.3 cm³/mol. The second-order valence-corrected chi connectivity index (χ2v) is 2.51. The summed E-state index contributed by atoms with van der Waals surface area (Å²) in [5.41, 5.74) is 2.13. The maximum absolute atomic E-state index is 12.6. The minimum absolute atomic E-state index is 0. The van der Waals surface area contributed by atoms with Gasteiger partial charge in [-0.05, 0) is 18.2 Å². The highest BCUT2D eigenvalue weighted by molar-refractivity contribution is 6.31. The summed E-state index contributed by atoms with van der Waals surface area (Å²) in [4.78, 5) is 10.9. The van der Waals surface area contributed by atoms with Gasteiger partial charge >= 0.3 is 0 Å². The molecule has 0 aliphatic carbocycles. The molecule has 6 heteroatoms. The molecule has 0 saturated heterocycles. The van der Waals surface area contributed by atoms with E-state index in [1.165, 1.54) is 12.1 Å². The van der Waals surface area contributed by atoms with Crippen LogP contribution in [0.15, 0.2) is 18.2 Å². The van der Waals surface area contributed by atoms with Crippen LogP contribution in [0.25, 0.3) is 0 Å². The number of rotatable bonds is 1. The molecular weight excluding hydrogens is 218 g/mol. The Morgan fingerprint density at radius 1 is 1.54 bits per heavy atom. The van der Waals surface area contributed by atoms with Gasteiger partial charge in [-0.1, -0.05) is 11.6 Å². The van der Waals surface area contributed by atoms with Gasteiger partial charge in [0.2, 0.25) is 0 Å². The van der Waals surface area contributed by atoms with Crippen LogP contribution in [0, 0.1) is 5.82 Å². The Bertz CT molecular complexity index is 319. The zero-order valence-corrected chi connectivity index (χ0v) is 7.95. The number of carbonyl (C=O) groups excluding carboxylic acids is 1. The Morgan fingerprint density at radius 3 is 2.62 bits per heavy atom. The van der Waals surface area contributed by atoms with E-state index in [0.29, 0.717) is 0 Å². The molecule has 3 nitrogen and oxygen atoms in total. The normalized spacial score (nSPS) is 8.85. The Balaban J connectivity index is 0.00000144. The number of hydrogen-bond acceptors (Lipinski definition) is 2. The zero-order chi connectivity index (χ0) is 9.14. The fourth-order valence-electron chi connectivity index (χ4n) is 0.721. The number of hydrogen-bond donors (Lipinski definition) is 2. The second-order valence-electron chi connectivity index (χ2n) is 2.10. The van der Waals surface area contributed by atoms with Crippen molar-refractivity contribution in [2.24, 2.45) is 5.84 Å². The van der Waals surface area contributed by atoms with E-state index >= 15 is 0 Å². The minimum Gasteiger partial charge on any atom is -0.290 e. The maximum atomic E-state index is 12.6. The number of carbonyl (C=O) groups is 1. The molecule has 0 aliphatic heterocycles. The third-order valence-electron chi connectivity index (χ3n) is 1.31. The highest BCUT2D eigenvalue weighted by Crippen LogP contribution is 2.15. The summed E-state index contributed by atoms with van der Waals surface area (Å²) in [5, 5.41) is -0.101. The fraction of sp³-hybridized carbons (Fsp3) is 0. The highest BCUT2D eigenvalue weighted by atomic mass is 35.5. The van der Waals surface area contributed by atoms with Crippen molar-refractivity contribution in [2.45, 2.75) is 0 Å². The van der Waals surface area contributed by atoms with E-state index in [-0.39, 0.29) is 23.0 Å². The molecule has 0 aromatic heterocycles. The molecule has 0 fully saturated rings. The maximum Gasteiger partial charge on any atom is 0.265 e. The van der Waals surface area contributed by atoms with Gasteiger partial charge in [0.1, 0.15) is 5.82 Å². The molecule has 0 radical (unpaired) electrons. The molecule has 0 spiro atoms. The first kappa shape index (κ1) is 12.2. The van der Waals surface area contributed by atoms with Gasteiger partial charge in [-0.15, -0.1) is 12.4 Å². The van der Waals surface area contributed by atoms with Gasteiger partial charge in [-0.3, -0.25) is 10.2 Å². The quantitative estimate of drug-likeness (QED) is 0.432. The van der Waals surface area contributed by atoms with Crippen LogP contribution in [0.5, 0.6) is 0 Å². The van der Waals surface area contributed by atoms with E-state index in [2.05, 4.69) is 0 Å². The lowest BCUT2D eigenvalue weighted by Gasteiger charge is -1.99. The number of nitrogen functional groups attached to an aromatic ring is 1. The number of benzene rings is 1. The van der Waals surface area contributed by atoms with Crippen LogP contribution in [-0.4, -0.2) is 5.91 Å². The molecule has 0 aliphatic rings. The Hall–Kier alpha value is -0.840. The highest BCUT2D eigenvalue weighted by Gasteiger charge is 2.06. The van der Waals surface area contributed by atoms with Gasteiger partial charge in [0.05, 0.1) is 5.02 Å². The Labute approximate surface area is 85.4 Å². The molecule has 1 aromatic carbocycles. The van der Waals surface area contributed by atoms with E-state index in [4.69, 9.17) is 17.4 Å². The molecule has 1 aromatic rings. The van der Waals surface area contributed by atoms with Gasteiger partial charge in [-0.2, -0.15) is 0 Å². The van der Waals surface area contributed by atoms with Crippen LogP contribution in [0.3, 0.4) is 0 Å². The topological polar surface area (TPSA) is 55.1 Å². The molecule has 1 rings (SSSR count). The summed E-state index contributed by atoms with van der Waals surface area (Å²) in [7, 11) is 0. The first-order valence-electron chi connectivity index (χ1n) is 3.11. The molecule has 0 heterocycles. The molecule has 0 bridgehead atoms. The van der Waals surface area contributed by atoms with E-state index in [1.807, 2.05) is 5.43 Å². The number of hydrazine groups is 1. The van der Waals surface area contributed by atoms with Gasteiger partial charge < -0.3 is 0 Å². The molecule has 3 N–H and O–H groups in total. The number of amides is 1. The van der Waals surface area contributed by atoms with Crippen molar-refractivity contribution in [3.63, 3.8) is 0 Å². The standard InChI is InChI=1S/C7H6ClFN2O.ClH/c8-5-3-4(7(12)11-10)1-2-6(5)9;/h1-3H,10H2,(H,11,12);1H. The average Bonchev–Trinajstić information content (AvgIpc) is 2.08. The number of nitrogens with one attached hydrogen (secondary N) is 1. The second kappa shape index (κ2) is 5.01. The van der Waals surface area contributed by atoms with Crippen molar-refractivity contribution in [1.29, 1.82) is 0 Å². The molecule has 0 unspecified atom stereocenters. The van der Waals surface area contributed by atoms with E-state index in [0.717, 1.165) is 6.07 Å². The predicted octanol–water partition coefficient (Wildman–Crippen LogP) is 1.50. The lowest BCUT2D eigenvalue weighted by molar-refractivity contribution is 0.0953. The molecule has 1 amide bonds. The molecule has 72 valence electrons. The minimum atomic E-state index is -0.565. The summed E-state index contributed by atoms with van der Waals surface area (Å²) >= 11 is 5.42. The van der Waals surface area contributed by atoms with Crippen LogP contribution in [0.1, 0.15) is 10.4 Å². The van der Waals surface area contributed by atoms with Crippen molar-refractivity contribution < 1.29 is 9.18 Å². The average molecular weight is 225 g/mol. The molecule has 13 heavy (non-hydrogen) atoms. The van der Waals surface area contributed by atoms with Crippen LogP contribution < -0.4 is 11.3 Å². The first-order valence-corrected chi connectivity index (χ1v) is 3.49. The monoisotopic (exact) mass is 224 g/mol. The van der Waals surface area contributed by atoms with Crippen molar-refractivity contribution >= 4 is 29.9 Å². The van der Waals surface area contributed by atoms with Crippen LogP contribution >= 0.6 is 24.0 Å². The lowest BCUT2D eigenvalue weighted by Crippen LogP contribution is -2.29. The smallest absolute Gasteiger partial charge is 0.265 e.